The molecule has 5 nitrogen and oxygen atoms in total. The number of pyridine rings is 1. The molecule has 0 unspecified atom stereocenters. The summed E-state index contributed by atoms with van der Waals surface area (Å²) in [7, 11) is 0. The van der Waals surface area contributed by atoms with Crippen molar-refractivity contribution in [1.82, 2.24) is 15.2 Å². The lowest BCUT2D eigenvalue weighted by molar-refractivity contribution is 0.102. The van der Waals surface area contributed by atoms with Crippen molar-refractivity contribution in [3.63, 3.8) is 0 Å². The summed E-state index contributed by atoms with van der Waals surface area (Å²) in [4.78, 5) is 16.3. The molecule has 0 fully saturated rings. The summed E-state index contributed by atoms with van der Waals surface area (Å²) in [5.41, 5.74) is 4.24. The summed E-state index contributed by atoms with van der Waals surface area (Å²) in [6, 6.07) is 7.60. The van der Waals surface area contributed by atoms with Crippen molar-refractivity contribution in [1.29, 1.82) is 0 Å². The minimum atomic E-state index is -0.243. The van der Waals surface area contributed by atoms with Crippen LogP contribution in [0, 0.1) is 13.8 Å². The largest absolute Gasteiger partial charge is 0.321 e. The van der Waals surface area contributed by atoms with E-state index in [1.165, 1.54) is 5.56 Å². The van der Waals surface area contributed by atoms with E-state index in [2.05, 4.69) is 20.5 Å². The second-order valence-corrected chi connectivity index (χ2v) is 4.75. The fraction of sp³-hybridized carbons (Fsp3) is 0.133. The van der Waals surface area contributed by atoms with Gasteiger partial charge in [0.05, 0.1) is 10.9 Å². The lowest BCUT2D eigenvalue weighted by Crippen LogP contribution is -2.13. The van der Waals surface area contributed by atoms with E-state index < -0.39 is 0 Å². The number of rotatable bonds is 2. The number of nitrogens with one attached hydrogen (secondary N) is 2. The molecule has 5 heteroatoms. The highest BCUT2D eigenvalue weighted by Gasteiger charge is 2.14. The number of carbonyl (C=O) groups is 1. The second-order valence-electron chi connectivity index (χ2n) is 4.75. The second kappa shape index (κ2) is 4.77. The highest BCUT2D eigenvalue weighted by Crippen LogP contribution is 2.18. The number of anilines is 1. The number of fused-ring (bicyclic) bond motifs is 1. The predicted molar refractivity (Wildman–Crippen MR) is 77.8 cm³/mol. The maximum atomic E-state index is 12.3. The summed E-state index contributed by atoms with van der Waals surface area (Å²) in [5, 5.41) is 10.5. The summed E-state index contributed by atoms with van der Waals surface area (Å²) in [6.07, 6.45) is 3.29. The molecule has 0 spiro atoms. The Kier molecular flexibility index (Phi) is 2.95. The van der Waals surface area contributed by atoms with Gasteiger partial charge in [-0.1, -0.05) is 6.07 Å². The monoisotopic (exact) mass is 266 g/mol. The minimum Gasteiger partial charge on any atom is -0.321 e. The number of nitrogens with zero attached hydrogens (tertiary/aromatic N) is 2. The van der Waals surface area contributed by atoms with Gasteiger partial charge in [-0.2, -0.15) is 5.10 Å². The Morgan fingerprint density at radius 1 is 1.20 bits per heavy atom. The van der Waals surface area contributed by atoms with Gasteiger partial charge in [-0.15, -0.1) is 0 Å². The minimum absolute atomic E-state index is 0.243. The molecule has 0 radical (unpaired) electrons. The molecule has 2 N–H and O–H groups in total. The smallest absolute Gasteiger partial charge is 0.276 e. The molecule has 0 aliphatic carbocycles. The summed E-state index contributed by atoms with van der Waals surface area (Å²) in [6.45, 7) is 4.05. The van der Waals surface area contributed by atoms with Gasteiger partial charge in [0, 0.05) is 18.1 Å². The van der Waals surface area contributed by atoms with Crippen LogP contribution in [0.3, 0.4) is 0 Å². The zero-order valence-corrected chi connectivity index (χ0v) is 11.3. The van der Waals surface area contributed by atoms with Crippen LogP contribution in [0.15, 0.2) is 36.7 Å². The van der Waals surface area contributed by atoms with Gasteiger partial charge in [0.15, 0.2) is 5.69 Å². The van der Waals surface area contributed by atoms with E-state index in [1.807, 2.05) is 32.0 Å². The Labute approximate surface area is 116 Å². The number of benzene rings is 1. The SMILES string of the molecule is Cc1ccc(NC(=O)c2n[nH]c3ccncc23)cc1C. The summed E-state index contributed by atoms with van der Waals surface area (Å²) in [5.74, 6) is -0.243. The predicted octanol–water partition coefficient (Wildman–Crippen LogP) is 2.83. The Hall–Kier alpha value is -2.69. The quantitative estimate of drug-likeness (QED) is 0.749. The van der Waals surface area contributed by atoms with E-state index in [4.69, 9.17) is 0 Å². The van der Waals surface area contributed by atoms with Crippen molar-refractivity contribution in [3.8, 4) is 0 Å². The summed E-state index contributed by atoms with van der Waals surface area (Å²) < 4.78 is 0. The van der Waals surface area contributed by atoms with E-state index in [0.29, 0.717) is 11.1 Å². The average Bonchev–Trinajstić information content (AvgIpc) is 2.87. The third-order valence-corrected chi connectivity index (χ3v) is 3.34. The number of aryl methyl sites for hydroxylation is 2. The van der Waals surface area contributed by atoms with E-state index in [1.54, 1.807) is 18.5 Å². The van der Waals surface area contributed by atoms with Gasteiger partial charge in [0.2, 0.25) is 0 Å². The van der Waals surface area contributed by atoms with Crippen molar-refractivity contribution < 1.29 is 4.79 Å². The van der Waals surface area contributed by atoms with Gasteiger partial charge >= 0.3 is 0 Å². The first-order chi connectivity index (χ1) is 9.65. The number of aromatic amines is 1. The molecule has 20 heavy (non-hydrogen) atoms. The van der Waals surface area contributed by atoms with Crippen LogP contribution in [-0.2, 0) is 0 Å². The molecule has 0 bridgehead atoms. The topological polar surface area (TPSA) is 70.7 Å². The fourth-order valence-corrected chi connectivity index (χ4v) is 2.04. The van der Waals surface area contributed by atoms with E-state index in [0.717, 1.165) is 16.8 Å². The highest BCUT2D eigenvalue weighted by atomic mass is 16.1. The molecule has 2 heterocycles. The Morgan fingerprint density at radius 3 is 2.85 bits per heavy atom. The van der Waals surface area contributed by atoms with Gasteiger partial charge in [-0.3, -0.25) is 14.9 Å². The van der Waals surface area contributed by atoms with Gasteiger partial charge in [-0.25, -0.2) is 0 Å². The zero-order valence-electron chi connectivity index (χ0n) is 11.3. The Bertz CT molecular complexity index is 791. The van der Waals surface area contributed by atoms with E-state index in [9.17, 15) is 4.79 Å². The van der Waals surface area contributed by atoms with Crippen molar-refractivity contribution in [2.24, 2.45) is 0 Å². The number of aromatic nitrogens is 3. The maximum Gasteiger partial charge on any atom is 0.276 e. The third-order valence-electron chi connectivity index (χ3n) is 3.34. The van der Waals surface area contributed by atoms with Crippen LogP contribution in [-0.4, -0.2) is 21.1 Å². The van der Waals surface area contributed by atoms with Gasteiger partial charge in [0.25, 0.3) is 5.91 Å². The molecular weight excluding hydrogens is 252 g/mol. The van der Waals surface area contributed by atoms with Crippen LogP contribution >= 0.6 is 0 Å². The highest BCUT2D eigenvalue weighted by molar-refractivity contribution is 6.10. The Morgan fingerprint density at radius 2 is 2.05 bits per heavy atom. The van der Waals surface area contributed by atoms with Gasteiger partial charge in [-0.05, 0) is 43.2 Å². The standard InChI is InChI=1S/C15H14N4O/c1-9-3-4-11(7-10(9)2)17-15(20)14-12-8-16-6-5-13(12)18-19-14/h3-8H,1-2H3,(H,17,20)(H,18,19). The number of amides is 1. The first kappa shape index (κ1) is 12.3. The molecule has 2 aromatic heterocycles. The van der Waals surface area contributed by atoms with Crippen LogP contribution in [0.1, 0.15) is 21.6 Å². The maximum absolute atomic E-state index is 12.3. The molecule has 1 amide bonds. The van der Waals surface area contributed by atoms with Crippen molar-refractivity contribution >= 4 is 22.5 Å². The lowest BCUT2D eigenvalue weighted by atomic mass is 10.1. The fourth-order valence-electron chi connectivity index (χ4n) is 2.04. The normalized spacial score (nSPS) is 10.7. The van der Waals surface area contributed by atoms with Crippen molar-refractivity contribution in [2.75, 3.05) is 5.32 Å². The molecule has 0 atom stereocenters. The third kappa shape index (κ3) is 2.14. The molecule has 0 aliphatic rings. The Balaban J connectivity index is 1.91. The van der Waals surface area contributed by atoms with Crippen LogP contribution in [0.25, 0.3) is 10.9 Å². The van der Waals surface area contributed by atoms with Crippen LogP contribution in [0.5, 0.6) is 0 Å². The van der Waals surface area contributed by atoms with Gasteiger partial charge in [0.1, 0.15) is 0 Å². The van der Waals surface area contributed by atoms with Crippen molar-refractivity contribution in [3.05, 3.63) is 53.5 Å². The first-order valence-corrected chi connectivity index (χ1v) is 6.32. The molecule has 1 aromatic carbocycles. The van der Waals surface area contributed by atoms with E-state index in [-0.39, 0.29) is 5.91 Å². The molecule has 0 saturated carbocycles. The number of H-pyrrole nitrogens is 1. The lowest BCUT2D eigenvalue weighted by Gasteiger charge is -2.06. The molecule has 3 rings (SSSR count). The van der Waals surface area contributed by atoms with Crippen LogP contribution in [0.4, 0.5) is 5.69 Å². The number of hydrogen-bond acceptors (Lipinski definition) is 3. The molecular formula is C15H14N4O. The van der Waals surface area contributed by atoms with Crippen molar-refractivity contribution in [2.45, 2.75) is 13.8 Å². The number of carbonyl (C=O) groups excluding carboxylic acids is 1. The summed E-state index contributed by atoms with van der Waals surface area (Å²) >= 11 is 0. The molecule has 0 aliphatic heterocycles. The molecule has 0 saturated heterocycles. The van der Waals surface area contributed by atoms with Crippen LogP contribution in [0.2, 0.25) is 0 Å². The molecule has 100 valence electrons. The average molecular weight is 266 g/mol. The first-order valence-electron chi connectivity index (χ1n) is 6.32. The van der Waals surface area contributed by atoms with E-state index >= 15 is 0 Å². The molecule has 3 aromatic rings. The van der Waals surface area contributed by atoms with Gasteiger partial charge < -0.3 is 5.32 Å². The van der Waals surface area contributed by atoms with Crippen LogP contribution < -0.4 is 5.32 Å². The number of hydrogen-bond donors (Lipinski definition) is 2. The zero-order chi connectivity index (χ0) is 14.1.